The SMILES string of the molecule is Cc1ccc(N)c(-c2n[nH]c(C)n2)c1. The van der Waals surface area contributed by atoms with Gasteiger partial charge in [-0.05, 0) is 26.0 Å². The Labute approximate surface area is 82.2 Å². The summed E-state index contributed by atoms with van der Waals surface area (Å²) in [6.07, 6.45) is 0. The highest BCUT2D eigenvalue weighted by molar-refractivity contribution is 5.71. The normalized spacial score (nSPS) is 10.4. The fourth-order valence-electron chi connectivity index (χ4n) is 1.33. The molecule has 0 bridgehead atoms. The summed E-state index contributed by atoms with van der Waals surface area (Å²) in [5.41, 5.74) is 8.57. The van der Waals surface area contributed by atoms with Crippen LogP contribution in [0.1, 0.15) is 11.4 Å². The van der Waals surface area contributed by atoms with E-state index in [9.17, 15) is 0 Å². The Hall–Kier alpha value is -1.84. The summed E-state index contributed by atoms with van der Waals surface area (Å²) < 4.78 is 0. The highest BCUT2D eigenvalue weighted by Gasteiger charge is 2.07. The molecule has 4 nitrogen and oxygen atoms in total. The standard InChI is InChI=1S/C10H12N4/c1-6-3-4-9(11)8(5-6)10-12-7(2)13-14-10/h3-5H,11H2,1-2H3,(H,12,13,14). The van der Waals surface area contributed by atoms with E-state index < -0.39 is 0 Å². The third-order valence-electron chi connectivity index (χ3n) is 2.05. The number of hydrogen-bond acceptors (Lipinski definition) is 3. The van der Waals surface area contributed by atoms with E-state index >= 15 is 0 Å². The number of anilines is 1. The molecule has 0 atom stereocenters. The van der Waals surface area contributed by atoms with E-state index in [0.29, 0.717) is 11.5 Å². The van der Waals surface area contributed by atoms with Crippen molar-refractivity contribution in [3.8, 4) is 11.4 Å². The number of hydrogen-bond donors (Lipinski definition) is 2. The van der Waals surface area contributed by atoms with Crippen LogP contribution in [0, 0.1) is 13.8 Å². The van der Waals surface area contributed by atoms with Crippen molar-refractivity contribution in [3.05, 3.63) is 29.6 Å². The average Bonchev–Trinajstić information content (AvgIpc) is 2.56. The lowest BCUT2D eigenvalue weighted by molar-refractivity contribution is 1.04. The van der Waals surface area contributed by atoms with E-state index in [4.69, 9.17) is 5.73 Å². The van der Waals surface area contributed by atoms with Gasteiger partial charge in [-0.15, -0.1) is 0 Å². The van der Waals surface area contributed by atoms with E-state index in [1.54, 1.807) is 0 Å². The quantitative estimate of drug-likeness (QED) is 0.669. The molecule has 0 saturated heterocycles. The first-order valence-corrected chi connectivity index (χ1v) is 4.42. The van der Waals surface area contributed by atoms with Crippen LogP contribution < -0.4 is 5.73 Å². The van der Waals surface area contributed by atoms with Gasteiger partial charge in [0.2, 0.25) is 0 Å². The highest BCUT2D eigenvalue weighted by atomic mass is 15.2. The van der Waals surface area contributed by atoms with Gasteiger partial charge in [0.1, 0.15) is 5.82 Å². The van der Waals surface area contributed by atoms with Crippen molar-refractivity contribution in [3.63, 3.8) is 0 Å². The zero-order valence-corrected chi connectivity index (χ0v) is 8.20. The van der Waals surface area contributed by atoms with E-state index in [2.05, 4.69) is 15.2 Å². The summed E-state index contributed by atoms with van der Waals surface area (Å²) in [5, 5.41) is 6.87. The third-order valence-corrected chi connectivity index (χ3v) is 2.05. The van der Waals surface area contributed by atoms with Crippen molar-refractivity contribution < 1.29 is 0 Å². The Balaban J connectivity index is 2.55. The fourth-order valence-corrected chi connectivity index (χ4v) is 1.33. The molecule has 3 N–H and O–H groups in total. The summed E-state index contributed by atoms with van der Waals surface area (Å²) in [7, 11) is 0. The van der Waals surface area contributed by atoms with Crippen LogP contribution in [-0.2, 0) is 0 Å². The molecular formula is C10H12N4. The van der Waals surface area contributed by atoms with Gasteiger partial charge in [0, 0.05) is 11.3 Å². The number of benzene rings is 1. The second-order valence-corrected chi connectivity index (χ2v) is 3.34. The number of H-pyrrole nitrogens is 1. The van der Waals surface area contributed by atoms with E-state index in [0.717, 1.165) is 17.0 Å². The van der Waals surface area contributed by atoms with Crippen LogP contribution in [0.4, 0.5) is 5.69 Å². The Morgan fingerprint density at radius 2 is 2.07 bits per heavy atom. The van der Waals surface area contributed by atoms with E-state index in [1.165, 1.54) is 0 Å². The molecule has 0 aliphatic heterocycles. The van der Waals surface area contributed by atoms with E-state index in [-0.39, 0.29) is 0 Å². The van der Waals surface area contributed by atoms with Crippen molar-refractivity contribution in [1.82, 2.24) is 15.2 Å². The topological polar surface area (TPSA) is 67.6 Å². The number of aryl methyl sites for hydroxylation is 2. The molecule has 2 rings (SSSR count). The van der Waals surface area contributed by atoms with Gasteiger partial charge < -0.3 is 5.73 Å². The highest BCUT2D eigenvalue weighted by Crippen LogP contribution is 2.23. The Morgan fingerprint density at radius 1 is 1.29 bits per heavy atom. The van der Waals surface area contributed by atoms with Gasteiger partial charge in [-0.1, -0.05) is 11.6 Å². The minimum Gasteiger partial charge on any atom is -0.398 e. The first-order chi connectivity index (χ1) is 6.66. The van der Waals surface area contributed by atoms with Crippen molar-refractivity contribution in [1.29, 1.82) is 0 Å². The minimum absolute atomic E-state index is 0.656. The summed E-state index contributed by atoms with van der Waals surface area (Å²) in [6.45, 7) is 3.88. The number of nitrogens with zero attached hydrogens (tertiary/aromatic N) is 2. The van der Waals surface area contributed by atoms with Crippen LogP contribution in [0.3, 0.4) is 0 Å². The summed E-state index contributed by atoms with van der Waals surface area (Å²) in [5.74, 6) is 1.45. The second kappa shape index (κ2) is 3.14. The molecule has 0 aliphatic rings. The molecular weight excluding hydrogens is 176 g/mol. The van der Waals surface area contributed by atoms with Gasteiger partial charge in [-0.2, -0.15) is 5.10 Å². The minimum atomic E-state index is 0.656. The van der Waals surface area contributed by atoms with Gasteiger partial charge >= 0.3 is 0 Å². The van der Waals surface area contributed by atoms with Crippen molar-refractivity contribution >= 4 is 5.69 Å². The first kappa shape index (κ1) is 8.74. The molecule has 72 valence electrons. The Morgan fingerprint density at radius 3 is 2.71 bits per heavy atom. The summed E-state index contributed by atoms with van der Waals surface area (Å²) >= 11 is 0. The molecule has 0 aliphatic carbocycles. The van der Waals surface area contributed by atoms with Gasteiger partial charge in [0.05, 0.1) is 0 Å². The van der Waals surface area contributed by atoms with Crippen LogP contribution in [0.15, 0.2) is 18.2 Å². The number of aromatic amines is 1. The fraction of sp³-hybridized carbons (Fsp3) is 0.200. The van der Waals surface area contributed by atoms with Gasteiger partial charge in [-0.3, -0.25) is 5.10 Å². The molecule has 2 aromatic rings. The van der Waals surface area contributed by atoms with Crippen molar-refractivity contribution in [2.45, 2.75) is 13.8 Å². The third kappa shape index (κ3) is 1.46. The van der Waals surface area contributed by atoms with Crippen LogP contribution in [0.5, 0.6) is 0 Å². The Bertz CT molecular complexity index is 459. The first-order valence-electron chi connectivity index (χ1n) is 4.42. The molecule has 14 heavy (non-hydrogen) atoms. The molecule has 0 fully saturated rings. The molecule has 1 aromatic heterocycles. The molecule has 0 amide bonds. The summed E-state index contributed by atoms with van der Waals surface area (Å²) in [6, 6.07) is 5.83. The van der Waals surface area contributed by atoms with Crippen LogP contribution in [0.25, 0.3) is 11.4 Å². The van der Waals surface area contributed by atoms with Gasteiger partial charge in [0.15, 0.2) is 5.82 Å². The maximum Gasteiger partial charge on any atom is 0.183 e. The lowest BCUT2D eigenvalue weighted by atomic mass is 10.1. The van der Waals surface area contributed by atoms with Crippen LogP contribution in [0.2, 0.25) is 0 Å². The smallest absolute Gasteiger partial charge is 0.183 e. The lowest BCUT2D eigenvalue weighted by Crippen LogP contribution is -1.92. The summed E-state index contributed by atoms with van der Waals surface area (Å²) in [4.78, 5) is 4.24. The molecule has 0 radical (unpaired) electrons. The number of aromatic nitrogens is 3. The molecule has 1 heterocycles. The molecule has 0 saturated carbocycles. The van der Waals surface area contributed by atoms with E-state index in [1.807, 2.05) is 32.0 Å². The largest absolute Gasteiger partial charge is 0.398 e. The van der Waals surface area contributed by atoms with Crippen LogP contribution in [-0.4, -0.2) is 15.2 Å². The van der Waals surface area contributed by atoms with Gasteiger partial charge in [-0.25, -0.2) is 4.98 Å². The monoisotopic (exact) mass is 188 g/mol. The molecule has 4 heteroatoms. The lowest BCUT2D eigenvalue weighted by Gasteiger charge is -2.01. The number of nitrogens with one attached hydrogen (secondary N) is 1. The molecule has 0 unspecified atom stereocenters. The molecule has 0 spiro atoms. The van der Waals surface area contributed by atoms with Crippen molar-refractivity contribution in [2.24, 2.45) is 0 Å². The maximum absolute atomic E-state index is 5.84. The number of rotatable bonds is 1. The number of nitrogens with two attached hydrogens (primary N) is 1. The molecule has 1 aromatic carbocycles. The second-order valence-electron chi connectivity index (χ2n) is 3.34. The zero-order valence-electron chi connectivity index (χ0n) is 8.20. The average molecular weight is 188 g/mol. The van der Waals surface area contributed by atoms with Gasteiger partial charge in [0.25, 0.3) is 0 Å². The number of nitrogen functional groups attached to an aromatic ring is 1. The zero-order chi connectivity index (χ0) is 10.1. The maximum atomic E-state index is 5.84. The van der Waals surface area contributed by atoms with Crippen molar-refractivity contribution in [2.75, 3.05) is 5.73 Å². The predicted molar refractivity (Wildman–Crippen MR) is 55.7 cm³/mol. The van der Waals surface area contributed by atoms with Crippen LogP contribution >= 0.6 is 0 Å². The Kier molecular flexibility index (Phi) is 1.96. The predicted octanol–water partition coefficient (Wildman–Crippen LogP) is 1.67.